The number of piperidine rings is 2. The van der Waals surface area contributed by atoms with Gasteiger partial charge in [0.1, 0.15) is 23.6 Å². The van der Waals surface area contributed by atoms with E-state index < -0.39 is 145 Å². The van der Waals surface area contributed by atoms with Crippen LogP contribution in [0, 0.1) is 23.7 Å². The zero-order chi connectivity index (χ0) is 58.7. The number of likely N-dealkylation sites (tertiary alicyclic amines) is 2. The standard InChI is InChI=1S/C57H82N10O13S/c1-6-12-37(68)19-33-20-39-40-21-34-22-45(71)50(31(4)7-2)64-53(76)43-25-38(69)29-67(43)56(78)35(24-47(58)72)23-44(70)42(61-48(73)27-60-54(77)51(32(5)8-3)63-49(74)28-59-52(34)75)30-81-55(40)62-41(39)26-46(33)80-57(79)66-17-13-36(14-18-66)65-15-10-9-11-16-65/h20,26,31-32,34-36,38,42-43,50-51,62,69H,6-19,21-25,27-30H2,1-5H3,(H2,58,72)(H,59,75)(H,60,77)(H,61,73)(H,63,74)(H,64,76)/t31?,32-,34+,35-,38+,42-,43-,50-,51-/m0/s1. The molecule has 0 radical (unpaired) electrons. The fourth-order valence-electron chi connectivity index (χ4n) is 11.7. The SMILES string of the molecule is CCCC(=O)Cc1cc2c3c([nH]c2cc1OC(=O)N1CCC(N2CCCCC2)CC1)SC[C@@H]1NC(=O)CNC(=O)[C@H]([C@@H](C)CC)NC(=O)CNC(=O)[C@@H](CC(=O)[C@H](C(C)CC)NC(=O)[C@@H]2C[C@@H](O)CN2C(=O)[C@H](CC(N)=O)CC1=O)C3. The highest BCUT2D eigenvalue weighted by atomic mass is 32.2. The number of H-pyrrole nitrogens is 1. The average Bonchev–Trinajstić information content (AvgIpc) is 4.19. The number of Topliss-reactive ketones (excluding diaryl/α,β-unsaturated/α-hetero) is 3. The molecule has 8 amide bonds. The molecule has 23 nitrogen and oxygen atoms in total. The molecule has 3 saturated heterocycles. The second-order valence-corrected chi connectivity index (χ2v) is 23.8. The van der Waals surface area contributed by atoms with Crippen LogP contribution < -0.4 is 37.1 Å². The number of carbonyl (C=O) groups is 11. The van der Waals surface area contributed by atoms with Gasteiger partial charge in [-0.15, -0.1) is 11.8 Å². The maximum atomic E-state index is 15.0. The summed E-state index contributed by atoms with van der Waals surface area (Å²) in [6.07, 6.45) is 2.49. The Kier molecular flexibility index (Phi) is 21.9. The number of amides is 8. The van der Waals surface area contributed by atoms with Crippen molar-refractivity contribution in [2.24, 2.45) is 29.4 Å². The number of hydrogen-bond acceptors (Lipinski definition) is 15. The number of nitrogens with zero attached hydrogens (tertiary/aromatic N) is 3. The average molecular weight is 1150 g/mol. The Balaban J connectivity index is 1.37. The molecule has 24 heteroatoms. The van der Waals surface area contributed by atoms with Gasteiger partial charge in [0.2, 0.25) is 41.4 Å². The number of rotatable bonds is 12. The minimum Gasteiger partial charge on any atom is -0.410 e. The lowest BCUT2D eigenvalue weighted by Gasteiger charge is -2.39. The van der Waals surface area contributed by atoms with E-state index in [4.69, 9.17) is 10.5 Å². The molecule has 1 aromatic carbocycles. The molecule has 444 valence electrons. The van der Waals surface area contributed by atoms with Crippen molar-refractivity contribution in [2.45, 2.75) is 172 Å². The van der Waals surface area contributed by atoms with Crippen molar-refractivity contribution in [2.75, 3.05) is 51.6 Å². The van der Waals surface area contributed by atoms with Crippen molar-refractivity contribution < 1.29 is 62.6 Å². The predicted molar refractivity (Wildman–Crippen MR) is 299 cm³/mol. The summed E-state index contributed by atoms with van der Waals surface area (Å²) >= 11 is 1.05. The first-order valence-electron chi connectivity index (χ1n) is 29.0. The fraction of sp³-hybridized carbons (Fsp3) is 0.667. The quantitative estimate of drug-likeness (QED) is 0.151. The van der Waals surface area contributed by atoms with Gasteiger partial charge in [-0.2, -0.15) is 0 Å². The third-order valence-electron chi connectivity index (χ3n) is 16.8. The van der Waals surface area contributed by atoms with Gasteiger partial charge in [0.15, 0.2) is 11.6 Å². The predicted octanol–water partition coefficient (Wildman–Crippen LogP) is 1.96. The number of nitrogens with two attached hydrogens (primary N) is 1. The van der Waals surface area contributed by atoms with Crippen LogP contribution in [0.1, 0.15) is 129 Å². The Hall–Kier alpha value is -6.40. The Morgan fingerprint density at radius 3 is 2.12 bits per heavy atom. The van der Waals surface area contributed by atoms with E-state index >= 15 is 0 Å². The monoisotopic (exact) mass is 1150 g/mol. The van der Waals surface area contributed by atoms with Gasteiger partial charge in [-0.1, -0.05) is 53.9 Å². The van der Waals surface area contributed by atoms with E-state index in [0.29, 0.717) is 65.4 Å². The third-order valence-corrected chi connectivity index (χ3v) is 17.9. The van der Waals surface area contributed by atoms with Gasteiger partial charge in [-0.25, -0.2) is 4.79 Å². The number of hydrogen-bond donors (Lipinski definition) is 8. The van der Waals surface area contributed by atoms with E-state index in [9.17, 15) is 57.8 Å². The summed E-state index contributed by atoms with van der Waals surface area (Å²) in [5.41, 5.74) is 6.87. The highest BCUT2D eigenvalue weighted by Crippen LogP contribution is 2.38. The minimum absolute atomic E-state index is 0.120. The van der Waals surface area contributed by atoms with Crippen molar-refractivity contribution in [3.63, 3.8) is 0 Å². The maximum absolute atomic E-state index is 15.0. The molecule has 3 fully saturated rings. The van der Waals surface area contributed by atoms with Crippen molar-refractivity contribution in [1.29, 1.82) is 0 Å². The van der Waals surface area contributed by atoms with Crippen LogP contribution in [0.15, 0.2) is 17.2 Å². The molecule has 9 N–H and O–H groups in total. The molecule has 5 aliphatic rings. The molecular weight excluding hydrogens is 1060 g/mol. The molecule has 7 rings (SSSR count). The first kappa shape index (κ1) is 62.2. The topological polar surface area (TPSA) is 329 Å². The van der Waals surface area contributed by atoms with E-state index in [0.717, 1.165) is 55.4 Å². The number of primary amides is 1. The van der Waals surface area contributed by atoms with Crippen LogP contribution in [0.5, 0.6) is 5.75 Å². The van der Waals surface area contributed by atoms with Crippen LogP contribution in [0.3, 0.4) is 0 Å². The van der Waals surface area contributed by atoms with E-state index in [2.05, 4.69) is 36.5 Å². The van der Waals surface area contributed by atoms with Crippen molar-refractivity contribution >= 4 is 87.5 Å². The summed E-state index contributed by atoms with van der Waals surface area (Å²) in [5.74, 6) is -10.9. The lowest BCUT2D eigenvalue weighted by atomic mass is 9.86. The van der Waals surface area contributed by atoms with Crippen LogP contribution in [0.2, 0.25) is 0 Å². The van der Waals surface area contributed by atoms with E-state index in [1.165, 1.54) is 6.42 Å². The summed E-state index contributed by atoms with van der Waals surface area (Å²) in [6.45, 7) is 10.3. The highest BCUT2D eigenvalue weighted by Gasteiger charge is 2.44. The van der Waals surface area contributed by atoms with Gasteiger partial charge in [0.05, 0.1) is 47.7 Å². The smallest absolute Gasteiger partial charge is 0.410 e. The van der Waals surface area contributed by atoms with Gasteiger partial charge in [0.25, 0.3) is 0 Å². The number of ether oxygens (including phenoxy) is 1. The van der Waals surface area contributed by atoms with Crippen LogP contribution in [-0.2, 0) is 60.8 Å². The molecule has 2 bridgehead atoms. The number of benzene rings is 1. The summed E-state index contributed by atoms with van der Waals surface area (Å²) in [4.78, 5) is 164. The van der Waals surface area contributed by atoms with Gasteiger partial charge >= 0.3 is 6.09 Å². The first-order valence-corrected chi connectivity index (χ1v) is 30.0. The van der Waals surface area contributed by atoms with Gasteiger partial charge < -0.3 is 61.8 Å². The second kappa shape index (κ2) is 28.5. The van der Waals surface area contributed by atoms with Crippen LogP contribution in [0.4, 0.5) is 4.79 Å². The molecule has 1 unspecified atom stereocenters. The number of thioether (sulfide) groups is 1. The van der Waals surface area contributed by atoms with Crippen molar-refractivity contribution in [3.05, 3.63) is 23.3 Å². The van der Waals surface area contributed by atoms with Crippen LogP contribution >= 0.6 is 11.8 Å². The van der Waals surface area contributed by atoms with E-state index in [1.54, 1.807) is 37.8 Å². The number of aliphatic hydroxyl groups is 1. The lowest BCUT2D eigenvalue weighted by molar-refractivity contribution is -0.145. The lowest BCUT2D eigenvalue weighted by Crippen LogP contribution is -2.55. The fourth-order valence-corrected chi connectivity index (χ4v) is 12.9. The van der Waals surface area contributed by atoms with Gasteiger partial charge in [-0.05, 0) is 75.1 Å². The largest absolute Gasteiger partial charge is 0.415 e. The van der Waals surface area contributed by atoms with E-state index in [-0.39, 0.29) is 49.5 Å². The molecule has 1 aromatic heterocycles. The van der Waals surface area contributed by atoms with Gasteiger partial charge in [-0.3, -0.25) is 47.9 Å². The normalized spacial score (nSPS) is 26.6. The Morgan fingerprint density at radius 1 is 0.790 bits per heavy atom. The van der Waals surface area contributed by atoms with Crippen molar-refractivity contribution in [1.82, 2.24) is 46.3 Å². The summed E-state index contributed by atoms with van der Waals surface area (Å²) in [7, 11) is 0. The van der Waals surface area contributed by atoms with Crippen LogP contribution in [-0.4, -0.2) is 177 Å². The zero-order valence-corrected chi connectivity index (χ0v) is 48.2. The van der Waals surface area contributed by atoms with E-state index in [1.807, 2.05) is 13.8 Å². The highest BCUT2D eigenvalue weighted by molar-refractivity contribution is 7.99. The summed E-state index contributed by atoms with van der Waals surface area (Å²) in [5, 5.41) is 25.1. The Labute approximate surface area is 476 Å². The molecule has 81 heavy (non-hydrogen) atoms. The number of fused-ring (bicyclic) bond motifs is 5. The number of aromatic amines is 1. The number of ketones is 3. The Morgan fingerprint density at radius 2 is 1.46 bits per heavy atom. The molecule has 0 aliphatic carbocycles. The molecule has 9 atom stereocenters. The molecule has 6 heterocycles. The summed E-state index contributed by atoms with van der Waals surface area (Å²) < 4.78 is 6.20. The van der Waals surface area contributed by atoms with Crippen molar-refractivity contribution in [3.8, 4) is 5.75 Å². The molecule has 0 spiro atoms. The molecule has 2 aromatic rings. The first-order chi connectivity index (χ1) is 38.7. The molecule has 0 saturated carbocycles. The zero-order valence-electron chi connectivity index (χ0n) is 47.4. The molecule has 5 aliphatic heterocycles. The second-order valence-electron chi connectivity index (χ2n) is 22.8. The third kappa shape index (κ3) is 16.0. The van der Waals surface area contributed by atoms with Gasteiger partial charge in [0, 0.05) is 92.9 Å². The number of aromatic nitrogens is 1. The maximum Gasteiger partial charge on any atom is 0.415 e. The summed E-state index contributed by atoms with van der Waals surface area (Å²) in [6, 6.07) is -1.52. The minimum atomic E-state index is -1.46. The number of nitrogens with one attached hydrogen (secondary N) is 6. The molecular formula is C57H82N10O13S. The number of aliphatic hydroxyl groups excluding tert-OH is 1. The number of carbonyl (C=O) groups excluding carboxylic acids is 11. The Bertz CT molecular complexity index is 2700. The van der Waals surface area contributed by atoms with Crippen LogP contribution in [0.25, 0.3) is 10.9 Å².